The predicted octanol–water partition coefficient (Wildman–Crippen LogP) is 2.23. The van der Waals surface area contributed by atoms with Crippen LogP contribution in [-0.4, -0.2) is 54.8 Å². The highest BCUT2D eigenvalue weighted by atomic mass is 16.7. The van der Waals surface area contributed by atoms with Crippen LogP contribution in [-0.2, 0) is 23.9 Å². The van der Waals surface area contributed by atoms with E-state index in [1.165, 1.54) is 7.11 Å². The first-order valence-electron chi connectivity index (χ1n) is 8.94. The lowest BCUT2D eigenvalue weighted by Gasteiger charge is -2.21. The number of benzene rings is 1. The summed E-state index contributed by atoms with van der Waals surface area (Å²) in [6, 6.07) is 8.13. The van der Waals surface area contributed by atoms with Gasteiger partial charge in [-0.3, -0.25) is 4.79 Å². The molecule has 2 amide bonds. The molecular formula is C20H26N2O7. The molecule has 0 aliphatic heterocycles. The Bertz CT molecular complexity index is 739. The maximum Gasteiger partial charge on any atom is 0.407 e. The maximum absolute atomic E-state index is 12.3. The number of amides is 2. The fourth-order valence-electron chi connectivity index (χ4n) is 1.95. The molecule has 29 heavy (non-hydrogen) atoms. The van der Waals surface area contributed by atoms with E-state index in [0.29, 0.717) is 0 Å². The molecule has 1 aromatic carbocycles. The number of hydrogen-bond donors (Lipinski definition) is 1. The van der Waals surface area contributed by atoms with Crippen molar-refractivity contribution in [2.24, 2.45) is 0 Å². The third-order valence-electron chi connectivity index (χ3n) is 3.22. The summed E-state index contributed by atoms with van der Waals surface area (Å²) in [6.45, 7) is 5.39. The summed E-state index contributed by atoms with van der Waals surface area (Å²) >= 11 is 0. The van der Waals surface area contributed by atoms with Gasteiger partial charge in [0.1, 0.15) is 5.60 Å². The van der Waals surface area contributed by atoms with Crippen molar-refractivity contribution in [2.75, 3.05) is 20.2 Å². The van der Waals surface area contributed by atoms with Gasteiger partial charge in [0.05, 0.1) is 19.2 Å². The molecule has 9 nitrogen and oxygen atoms in total. The molecular weight excluding hydrogens is 380 g/mol. The number of carbonyl (C=O) groups is 4. The minimum absolute atomic E-state index is 0.0152. The van der Waals surface area contributed by atoms with Crippen molar-refractivity contribution in [2.45, 2.75) is 32.8 Å². The van der Waals surface area contributed by atoms with Crippen LogP contribution < -0.4 is 5.32 Å². The summed E-state index contributed by atoms with van der Waals surface area (Å²) in [4.78, 5) is 52.5. The van der Waals surface area contributed by atoms with Crippen molar-refractivity contribution in [1.82, 2.24) is 10.4 Å². The van der Waals surface area contributed by atoms with Crippen LogP contribution in [0.3, 0.4) is 0 Å². The number of hydroxylamine groups is 2. The van der Waals surface area contributed by atoms with Crippen molar-refractivity contribution in [3.8, 4) is 0 Å². The number of nitrogens with zero attached hydrogens (tertiary/aromatic N) is 1. The fourth-order valence-corrected chi connectivity index (χ4v) is 1.95. The van der Waals surface area contributed by atoms with Gasteiger partial charge in [0.25, 0.3) is 5.91 Å². The smallest absolute Gasteiger partial charge is 0.407 e. The van der Waals surface area contributed by atoms with E-state index in [0.717, 1.165) is 17.2 Å². The van der Waals surface area contributed by atoms with Crippen LogP contribution in [0.1, 0.15) is 37.6 Å². The maximum atomic E-state index is 12.3. The molecule has 1 aromatic rings. The lowest BCUT2D eigenvalue weighted by molar-refractivity contribution is -0.161. The number of rotatable bonds is 7. The molecule has 1 rings (SSSR count). The summed E-state index contributed by atoms with van der Waals surface area (Å²) in [5.41, 5.74) is -0.371. The first-order valence-corrected chi connectivity index (χ1v) is 8.94. The predicted molar refractivity (Wildman–Crippen MR) is 104 cm³/mol. The van der Waals surface area contributed by atoms with Gasteiger partial charge in [-0.1, -0.05) is 18.2 Å². The lowest BCUT2D eigenvalue weighted by atomic mass is 10.2. The van der Waals surface area contributed by atoms with Gasteiger partial charge in [0.15, 0.2) is 0 Å². The van der Waals surface area contributed by atoms with E-state index >= 15 is 0 Å². The largest absolute Gasteiger partial charge is 0.466 e. The van der Waals surface area contributed by atoms with Crippen LogP contribution in [0.25, 0.3) is 0 Å². The van der Waals surface area contributed by atoms with Crippen LogP contribution in [0.5, 0.6) is 0 Å². The Morgan fingerprint density at radius 3 is 2.31 bits per heavy atom. The highest BCUT2D eigenvalue weighted by molar-refractivity contribution is 5.95. The lowest BCUT2D eigenvalue weighted by Crippen LogP contribution is -2.37. The molecule has 0 atom stereocenters. The van der Waals surface area contributed by atoms with Gasteiger partial charge in [0, 0.05) is 18.7 Å². The Kier molecular flexibility index (Phi) is 9.37. The van der Waals surface area contributed by atoms with Gasteiger partial charge < -0.3 is 19.6 Å². The van der Waals surface area contributed by atoms with Crippen molar-refractivity contribution in [1.29, 1.82) is 0 Å². The molecule has 0 spiro atoms. The molecule has 158 valence electrons. The van der Waals surface area contributed by atoms with E-state index in [1.807, 2.05) is 0 Å². The minimum Gasteiger partial charge on any atom is -0.466 e. The summed E-state index contributed by atoms with van der Waals surface area (Å²) < 4.78 is 9.54. The van der Waals surface area contributed by atoms with E-state index in [-0.39, 0.29) is 25.1 Å². The molecule has 0 aliphatic carbocycles. The number of carbonyl (C=O) groups excluding carboxylic acids is 4. The molecule has 1 N–H and O–H groups in total. The quantitative estimate of drug-likeness (QED) is 0.320. The van der Waals surface area contributed by atoms with E-state index in [4.69, 9.17) is 9.57 Å². The zero-order valence-corrected chi connectivity index (χ0v) is 17.0. The number of esters is 1. The summed E-state index contributed by atoms with van der Waals surface area (Å²) in [6.07, 6.45) is 1.54. The van der Waals surface area contributed by atoms with Crippen LogP contribution >= 0.6 is 0 Å². The number of nitrogens with one attached hydrogen (secondary N) is 1. The van der Waals surface area contributed by atoms with Crippen LogP contribution in [0.4, 0.5) is 4.79 Å². The second kappa shape index (κ2) is 11.5. The van der Waals surface area contributed by atoms with Crippen LogP contribution in [0, 0.1) is 0 Å². The van der Waals surface area contributed by atoms with Crippen molar-refractivity contribution < 1.29 is 33.5 Å². The molecule has 0 heterocycles. The van der Waals surface area contributed by atoms with Gasteiger partial charge in [0.2, 0.25) is 0 Å². The Hall–Kier alpha value is -3.36. The number of hydrogen-bond acceptors (Lipinski definition) is 7. The van der Waals surface area contributed by atoms with Crippen LogP contribution in [0.15, 0.2) is 42.5 Å². The monoisotopic (exact) mass is 406 g/mol. The standard InChI is InChI=1S/C20H26N2O7/c1-20(2,3)28-19(26)21-13-8-14-22(16(23)11-12-17(24)27-4)29-18(25)15-9-6-5-7-10-15/h5-7,9-12H,8,13-14H2,1-4H3,(H,21,26)/b12-11+. The summed E-state index contributed by atoms with van der Waals surface area (Å²) in [7, 11) is 1.17. The fraction of sp³-hybridized carbons (Fsp3) is 0.400. The molecule has 9 heteroatoms. The zero-order valence-electron chi connectivity index (χ0n) is 17.0. The highest BCUT2D eigenvalue weighted by Gasteiger charge is 2.19. The average Bonchev–Trinajstić information content (AvgIpc) is 2.67. The molecule has 0 saturated carbocycles. The van der Waals surface area contributed by atoms with E-state index in [9.17, 15) is 19.2 Å². The van der Waals surface area contributed by atoms with Crippen molar-refractivity contribution >= 4 is 23.9 Å². The molecule has 0 bridgehead atoms. The molecule has 0 aliphatic rings. The Labute approximate surface area is 169 Å². The zero-order chi connectivity index (χ0) is 21.9. The SMILES string of the molecule is COC(=O)/C=C/C(=O)N(CCCNC(=O)OC(C)(C)C)OC(=O)c1ccccc1. The second-order valence-electron chi connectivity index (χ2n) is 6.82. The normalized spacial score (nSPS) is 10.9. The van der Waals surface area contributed by atoms with Crippen LogP contribution in [0.2, 0.25) is 0 Å². The van der Waals surface area contributed by atoms with Gasteiger partial charge >= 0.3 is 18.0 Å². The molecule has 0 radical (unpaired) electrons. The topological polar surface area (TPSA) is 111 Å². The third-order valence-corrected chi connectivity index (χ3v) is 3.22. The Balaban J connectivity index is 2.68. The molecule has 0 aromatic heterocycles. The molecule has 0 fully saturated rings. The van der Waals surface area contributed by atoms with Gasteiger partial charge in [-0.05, 0) is 39.3 Å². The Morgan fingerprint density at radius 2 is 1.72 bits per heavy atom. The molecule has 0 unspecified atom stereocenters. The highest BCUT2D eigenvalue weighted by Crippen LogP contribution is 2.07. The third kappa shape index (κ3) is 9.94. The van der Waals surface area contributed by atoms with Crippen molar-refractivity contribution in [3.63, 3.8) is 0 Å². The number of alkyl carbamates (subject to hydrolysis) is 1. The van der Waals surface area contributed by atoms with Gasteiger partial charge in [-0.15, -0.1) is 0 Å². The summed E-state index contributed by atoms with van der Waals surface area (Å²) in [5, 5.41) is 3.36. The van der Waals surface area contributed by atoms with E-state index in [1.54, 1.807) is 51.1 Å². The molecule has 0 saturated heterocycles. The van der Waals surface area contributed by atoms with Crippen molar-refractivity contribution in [3.05, 3.63) is 48.0 Å². The first kappa shape index (κ1) is 23.7. The second-order valence-corrected chi connectivity index (χ2v) is 6.82. The van der Waals surface area contributed by atoms with E-state index < -0.39 is 29.5 Å². The summed E-state index contributed by atoms with van der Waals surface area (Å²) in [5.74, 6) is -2.18. The van der Waals surface area contributed by atoms with E-state index in [2.05, 4.69) is 10.1 Å². The van der Waals surface area contributed by atoms with Gasteiger partial charge in [-0.2, -0.15) is 5.06 Å². The number of methoxy groups -OCH3 is 1. The minimum atomic E-state index is -0.731. The van der Waals surface area contributed by atoms with Gasteiger partial charge in [-0.25, -0.2) is 14.4 Å². The average molecular weight is 406 g/mol. The Morgan fingerprint density at radius 1 is 1.07 bits per heavy atom. The number of ether oxygens (including phenoxy) is 2. The first-order chi connectivity index (χ1) is 13.6.